The largest absolute Gasteiger partial charge is 0.493 e. The summed E-state index contributed by atoms with van der Waals surface area (Å²) in [5.41, 5.74) is 6.83. The number of hydrogen-bond acceptors (Lipinski definition) is 3. The molecule has 1 aliphatic heterocycles. The Morgan fingerprint density at radius 1 is 1.33 bits per heavy atom. The molecule has 2 rings (SSSR count). The SMILES string of the molecule is CCOc1ccccc1/C=C1\C(=O)NNC1(C)C. The molecule has 0 saturated carbocycles. The van der Waals surface area contributed by atoms with Gasteiger partial charge in [-0.3, -0.25) is 10.2 Å². The average Bonchev–Trinajstić information content (AvgIpc) is 2.59. The molecule has 1 aromatic rings. The summed E-state index contributed by atoms with van der Waals surface area (Å²) < 4.78 is 5.55. The van der Waals surface area contributed by atoms with Crippen LogP contribution in [0.3, 0.4) is 0 Å². The van der Waals surface area contributed by atoms with Crippen molar-refractivity contribution >= 4 is 12.0 Å². The van der Waals surface area contributed by atoms with Crippen LogP contribution in [0.15, 0.2) is 29.8 Å². The van der Waals surface area contributed by atoms with Crippen LogP contribution < -0.4 is 15.6 Å². The third kappa shape index (κ3) is 2.38. The van der Waals surface area contributed by atoms with Crippen molar-refractivity contribution in [3.05, 3.63) is 35.4 Å². The molecule has 0 spiro atoms. The summed E-state index contributed by atoms with van der Waals surface area (Å²) >= 11 is 0. The zero-order valence-corrected chi connectivity index (χ0v) is 10.9. The third-order valence-corrected chi connectivity index (χ3v) is 2.93. The minimum Gasteiger partial charge on any atom is -0.493 e. The van der Waals surface area contributed by atoms with E-state index < -0.39 is 0 Å². The van der Waals surface area contributed by atoms with Crippen LogP contribution in [0.2, 0.25) is 0 Å². The van der Waals surface area contributed by atoms with E-state index in [2.05, 4.69) is 10.9 Å². The Morgan fingerprint density at radius 2 is 2.06 bits per heavy atom. The van der Waals surface area contributed by atoms with E-state index in [4.69, 9.17) is 4.74 Å². The van der Waals surface area contributed by atoms with Crippen molar-refractivity contribution in [3.8, 4) is 5.75 Å². The van der Waals surface area contributed by atoms with Gasteiger partial charge in [0.05, 0.1) is 12.1 Å². The van der Waals surface area contributed by atoms with Gasteiger partial charge in [-0.05, 0) is 32.9 Å². The highest BCUT2D eigenvalue weighted by Crippen LogP contribution is 2.27. The number of benzene rings is 1. The van der Waals surface area contributed by atoms with E-state index in [0.717, 1.165) is 11.3 Å². The van der Waals surface area contributed by atoms with Crippen molar-refractivity contribution in [2.45, 2.75) is 26.3 Å². The standard InChI is InChI=1S/C14H18N2O2/c1-4-18-12-8-6-5-7-10(12)9-11-13(17)15-16-14(11,2)3/h5-9,16H,4H2,1-3H3,(H,15,17)/b11-9+. The van der Waals surface area contributed by atoms with E-state index in [1.807, 2.05) is 51.1 Å². The molecule has 4 nitrogen and oxygen atoms in total. The third-order valence-electron chi connectivity index (χ3n) is 2.93. The summed E-state index contributed by atoms with van der Waals surface area (Å²) in [5, 5.41) is 0. The number of hydrazine groups is 1. The number of amides is 1. The molecular weight excluding hydrogens is 228 g/mol. The molecule has 1 fully saturated rings. The van der Waals surface area contributed by atoms with Gasteiger partial charge in [0.25, 0.3) is 5.91 Å². The van der Waals surface area contributed by atoms with Crippen LogP contribution in [0, 0.1) is 0 Å². The number of nitrogens with one attached hydrogen (secondary N) is 2. The van der Waals surface area contributed by atoms with Gasteiger partial charge < -0.3 is 4.74 Å². The number of hydrogen-bond donors (Lipinski definition) is 2. The van der Waals surface area contributed by atoms with Gasteiger partial charge in [0.15, 0.2) is 0 Å². The van der Waals surface area contributed by atoms with Gasteiger partial charge in [-0.1, -0.05) is 18.2 Å². The predicted molar refractivity (Wildman–Crippen MR) is 70.9 cm³/mol. The van der Waals surface area contributed by atoms with Gasteiger partial charge in [-0.2, -0.15) is 0 Å². The van der Waals surface area contributed by atoms with Crippen LogP contribution in [-0.4, -0.2) is 18.1 Å². The fourth-order valence-electron chi connectivity index (χ4n) is 1.92. The molecule has 1 saturated heterocycles. The van der Waals surface area contributed by atoms with Crippen LogP contribution in [0.25, 0.3) is 6.08 Å². The van der Waals surface area contributed by atoms with Crippen LogP contribution in [0.1, 0.15) is 26.3 Å². The van der Waals surface area contributed by atoms with E-state index in [1.54, 1.807) is 0 Å². The topological polar surface area (TPSA) is 50.4 Å². The Labute approximate surface area is 107 Å². The fourth-order valence-corrected chi connectivity index (χ4v) is 1.92. The lowest BCUT2D eigenvalue weighted by atomic mass is 9.94. The number of carbonyl (C=O) groups is 1. The predicted octanol–water partition coefficient (Wildman–Crippen LogP) is 1.88. The molecule has 1 amide bonds. The fraction of sp³-hybridized carbons (Fsp3) is 0.357. The Hall–Kier alpha value is -1.81. The van der Waals surface area contributed by atoms with E-state index in [0.29, 0.717) is 12.2 Å². The Balaban J connectivity index is 2.41. The van der Waals surface area contributed by atoms with Gasteiger partial charge in [-0.15, -0.1) is 0 Å². The van der Waals surface area contributed by atoms with Gasteiger partial charge in [0.2, 0.25) is 0 Å². The van der Waals surface area contributed by atoms with E-state index in [9.17, 15) is 4.79 Å². The molecule has 1 aliphatic rings. The van der Waals surface area contributed by atoms with E-state index in [-0.39, 0.29) is 11.4 Å². The van der Waals surface area contributed by atoms with Gasteiger partial charge in [-0.25, -0.2) is 5.43 Å². The number of ether oxygens (including phenoxy) is 1. The van der Waals surface area contributed by atoms with E-state index >= 15 is 0 Å². The highest BCUT2D eigenvalue weighted by molar-refractivity contribution is 6.02. The second kappa shape index (κ2) is 4.82. The summed E-state index contributed by atoms with van der Waals surface area (Å²) in [7, 11) is 0. The average molecular weight is 246 g/mol. The van der Waals surface area contributed by atoms with Crippen molar-refractivity contribution in [1.29, 1.82) is 0 Å². The monoisotopic (exact) mass is 246 g/mol. The molecule has 4 heteroatoms. The van der Waals surface area contributed by atoms with Gasteiger partial charge >= 0.3 is 0 Å². The molecule has 0 bridgehead atoms. The first-order valence-electron chi connectivity index (χ1n) is 6.06. The molecular formula is C14H18N2O2. The minimum atomic E-state index is -0.379. The number of rotatable bonds is 3. The van der Waals surface area contributed by atoms with Crippen molar-refractivity contribution in [1.82, 2.24) is 10.9 Å². The highest BCUT2D eigenvalue weighted by Gasteiger charge is 2.35. The van der Waals surface area contributed by atoms with Crippen molar-refractivity contribution in [3.63, 3.8) is 0 Å². The molecule has 0 aliphatic carbocycles. The van der Waals surface area contributed by atoms with Crippen molar-refractivity contribution < 1.29 is 9.53 Å². The lowest BCUT2D eigenvalue weighted by molar-refractivity contribution is -0.116. The Morgan fingerprint density at radius 3 is 2.67 bits per heavy atom. The van der Waals surface area contributed by atoms with Crippen LogP contribution in [-0.2, 0) is 4.79 Å². The molecule has 2 N–H and O–H groups in total. The second-order valence-electron chi connectivity index (χ2n) is 4.73. The van der Waals surface area contributed by atoms with Crippen LogP contribution >= 0.6 is 0 Å². The maximum Gasteiger partial charge on any atom is 0.263 e. The summed E-state index contributed by atoms with van der Waals surface area (Å²) in [4.78, 5) is 11.8. The number of para-hydroxylation sites is 1. The Kier molecular flexibility index (Phi) is 3.39. The summed E-state index contributed by atoms with van der Waals surface area (Å²) in [6.07, 6.45) is 1.88. The first-order chi connectivity index (χ1) is 8.54. The van der Waals surface area contributed by atoms with Crippen molar-refractivity contribution in [2.24, 2.45) is 0 Å². The molecule has 0 aromatic heterocycles. The molecule has 18 heavy (non-hydrogen) atoms. The highest BCUT2D eigenvalue weighted by atomic mass is 16.5. The molecule has 0 atom stereocenters. The first kappa shape index (κ1) is 12.6. The molecule has 96 valence electrons. The lowest BCUT2D eigenvalue weighted by Gasteiger charge is -2.17. The summed E-state index contributed by atoms with van der Waals surface area (Å²) in [6, 6.07) is 7.70. The lowest BCUT2D eigenvalue weighted by Crippen LogP contribution is -2.38. The molecule has 0 unspecified atom stereocenters. The molecule has 1 heterocycles. The van der Waals surface area contributed by atoms with Gasteiger partial charge in [0.1, 0.15) is 5.75 Å². The van der Waals surface area contributed by atoms with E-state index in [1.165, 1.54) is 0 Å². The number of carbonyl (C=O) groups excluding carboxylic acids is 1. The summed E-state index contributed by atoms with van der Waals surface area (Å²) in [5.74, 6) is 0.703. The quantitative estimate of drug-likeness (QED) is 0.801. The van der Waals surface area contributed by atoms with Crippen LogP contribution in [0.5, 0.6) is 5.75 Å². The summed E-state index contributed by atoms with van der Waals surface area (Å²) in [6.45, 7) is 6.46. The first-order valence-corrected chi connectivity index (χ1v) is 6.06. The Bertz CT molecular complexity index is 492. The maximum atomic E-state index is 11.8. The smallest absolute Gasteiger partial charge is 0.263 e. The molecule has 0 radical (unpaired) electrons. The zero-order valence-electron chi connectivity index (χ0n) is 10.9. The second-order valence-corrected chi connectivity index (χ2v) is 4.73. The van der Waals surface area contributed by atoms with Gasteiger partial charge in [0, 0.05) is 11.1 Å². The normalized spacial score (nSPS) is 19.9. The molecule has 1 aromatic carbocycles. The zero-order chi connectivity index (χ0) is 13.2. The maximum absolute atomic E-state index is 11.8. The minimum absolute atomic E-state index is 0.0914. The van der Waals surface area contributed by atoms with Crippen LogP contribution in [0.4, 0.5) is 0 Å². The van der Waals surface area contributed by atoms with Crippen molar-refractivity contribution in [2.75, 3.05) is 6.61 Å².